The van der Waals surface area contributed by atoms with Crippen LogP contribution in [0.1, 0.15) is 31.4 Å². The third kappa shape index (κ3) is 2.69. The number of anilines is 2. The Balaban J connectivity index is 1.72. The van der Waals surface area contributed by atoms with E-state index in [1.165, 1.54) is 11.3 Å². The molecule has 2 aromatic carbocycles. The molecule has 0 amide bonds. The first-order valence-electron chi connectivity index (χ1n) is 9.72. The summed E-state index contributed by atoms with van der Waals surface area (Å²) >= 11 is 0. The van der Waals surface area contributed by atoms with Crippen molar-refractivity contribution in [3.8, 4) is 11.8 Å². The third-order valence-electron chi connectivity index (χ3n) is 5.14. The Morgan fingerprint density at radius 1 is 1.07 bits per heavy atom. The molecule has 2 aromatic heterocycles. The summed E-state index contributed by atoms with van der Waals surface area (Å²) in [6, 6.07) is 14.7. The summed E-state index contributed by atoms with van der Waals surface area (Å²) in [4.78, 5) is 7.18. The van der Waals surface area contributed by atoms with Gasteiger partial charge >= 0.3 is 0 Å². The lowest BCUT2D eigenvalue weighted by atomic mass is 9.96. The van der Waals surface area contributed by atoms with Crippen LogP contribution < -0.4 is 4.90 Å². The molecular weight excluding hydrogens is 346 g/mol. The van der Waals surface area contributed by atoms with E-state index in [0.717, 1.165) is 41.7 Å². The molecule has 5 nitrogen and oxygen atoms in total. The molecule has 0 spiro atoms. The molecule has 1 aliphatic rings. The summed E-state index contributed by atoms with van der Waals surface area (Å²) < 4.78 is 1.94. The van der Waals surface area contributed by atoms with Crippen molar-refractivity contribution < 1.29 is 0 Å². The second-order valence-corrected chi connectivity index (χ2v) is 7.44. The highest BCUT2D eigenvalue weighted by molar-refractivity contribution is 5.94. The van der Waals surface area contributed by atoms with E-state index in [9.17, 15) is 0 Å². The van der Waals surface area contributed by atoms with E-state index in [0.29, 0.717) is 11.7 Å². The van der Waals surface area contributed by atoms with Gasteiger partial charge in [0, 0.05) is 29.1 Å². The van der Waals surface area contributed by atoms with Crippen LogP contribution in [0.15, 0.2) is 48.8 Å². The number of benzene rings is 2. The van der Waals surface area contributed by atoms with Crippen LogP contribution in [0.25, 0.3) is 16.7 Å². The maximum Gasteiger partial charge on any atom is 0.257 e. The first-order valence-corrected chi connectivity index (χ1v) is 9.72. The molecule has 0 atom stereocenters. The Bertz CT molecular complexity index is 1240. The molecular formula is C23H21N5. The molecule has 0 radical (unpaired) electrons. The molecule has 0 saturated heterocycles. The van der Waals surface area contributed by atoms with Gasteiger partial charge in [-0.05, 0) is 42.7 Å². The Labute approximate surface area is 164 Å². The fraction of sp³-hybridized carbons (Fsp3) is 0.261. The molecule has 4 aromatic rings. The van der Waals surface area contributed by atoms with Crippen molar-refractivity contribution in [1.29, 1.82) is 0 Å². The molecule has 28 heavy (non-hydrogen) atoms. The quantitative estimate of drug-likeness (QED) is 0.469. The highest BCUT2D eigenvalue weighted by Gasteiger charge is 2.23. The van der Waals surface area contributed by atoms with E-state index in [-0.39, 0.29) is 0 Å². The summed E-state index contributed by atoms with van der Waals surface area (Å²) in [7, 11) is 0. The molecule has 5 rings (SSSR count). The molecule has 0 N–H and O–H groups in total. The number of aromatic nitrogens is 4. The first kappa shape index (κ1) is 16.8. The van der Waals surface area contributed by atoms with E-state index in [1.807, 2.05) is 10.5 Å². The van der Waals surface area contributed by atoms with Crippen LogP contribution in [0.5, 0.6) is 0 Å². The van der Waals surface area contributed by atoms with Crippen LogP contribution in [0.4, 0.5) is 11.5 Å². The standard InChI is InChI=1S/C23H21N5/c1-16(2)12-13-17-7-5-11-20-18(17)9-6-14-27(20)22-19-8-3-4-10-21(19)28-15-24-26-23(28)25-22/h3-5,7-8,10-11,15-16H,6,9,14H2,1-2H3. The molecule has 0 unspecified atom stereocenters. The van der Waals surface area contributed by atoms with Gasteiger partial charge in [-0.15, -0.1) is 10.2 Å². The van der Waals surface area contributed by atoms with Crippen LogP contribution in [0.2, 0.25) is 0 Å². The largest absolute Gasteiger partial charge is 0.325 e. The zero-order valence-electron chi connectivity index (χ0n) is 16.1. The van der Waals surface area contributed by atoms with Gasteiger partial charge < -0.3 is 4.90 Å². The van der Waals surface area contributed by atoms with Gasteiger partial charge in [-0.1, -0.05) is 43.9 Å². The van der Waals surface area contributed by atoms with E-state index in [1.54, 1.807) is 6.33 Å². The van der Waals surface area contributed by atoms with E-state index in [4.69, 9.17) is 4.98 Å². The van der Waals surface area contributed by atoms with Gasteiger partial charge in [-0.3, -0.25) is 4.40 Å². The molecule has 0 saturated carbocycles. The van der Waals surface area contributed by atoms with Gasteiger partial charge in [-0.2, -0.15) is 4.98 Å². The third-order valence-corrected chi connectivity index (χ3v) is 5.14. The highest BCUT2D eigenvalue weighted by Crippen LogP contribution is 2.37. The molecule has 0 fully saturated rings. The molecule has 1 aliphatic heterocycles. The first-order chi connectivity index (χ1) is 13.7. The minimum atomic E-state index is 0.358. The highest BCUT2D eigenvalue weighted by atomic mass is 15.3. The number of rotatable bonds is 1. The summed E-state index contributed by atoms with van der Waals surface area (Å²) in [6.45, 7) is 5.17. The van der Waals surface area contributed by atoms with Gasteiger partial charge in [0.25, 0.3) is 5.78 Å². The topological polar surface area (TPSA) is 46.3 Å². The maximum absolute atomic E-state index is 4.87. The summed E-state index contributed by atoms with van der Waals surface area (Å²) in [5, 5.41) is 9.35. The zero-order valence-corrected chi connectivity index (χ0v) is 16.1. The van der Waals surface area contributed by atoms with Crippen molar-refractivity contribution >= 4 is 28.2 Å². The molecule has 0 bridgehead atoms. The minimum Gasteiger partial charge on any atom is -0.325 e. The molecule has 5 heteroatoms. The van der Waals surface area contributed by atoms with Crippen LogP contribution in [-0.2, 0) is 6.42 Å². The van der Waals surface area contributed by atoms with Crippen molar-refractivity contribution in [2.75, 3.05) is 11.4 Å². The summed E-state index contributed by atoms with van der Waals surface area (Å²) in [6.07, 6.45) is 3.83. The molecule has 138 valence electrons. The fourth-order valence-electron chi connectivity index (χ4n) is 3.89. The summed E-state index contributed by atoms with van der Waals surface area (Å²) in [5.41, 5.74) is 4.71. The fourth-order valence-corrected chi connectivity index (χ4v) is 3.89. The van der Waals surface area contributed by atoms with Gasteiger partial charge in [0.2, 0.25) is 0 Å². The van der Waals surface area contributed by atoms with Crippen LogP contribution in [0, 0.1) is 17.8 Å². The number of hydrogen-bond donors (Lipinski definition) is 0. The van der Waals surface area contributed by atoms with Crippen LogP contribution in [0.3, 0.4) is 0 Å². The van der Waals surface area contributed by atoms with Crippen molar-refractivity contribution in [2.45, 2.75) is 26.7 Å². The maximum atomic E-state index is 4.87. The van der Waals surface area contributed by atoms with Crippen molar-refractivity contribution in [3.63, 3.8) is 0 Å². The minimum absolute atomic E-state index is 0.358. The number of fused-ring (bicyclic) bond motifs is 4. The number of nitrogens with zero attached hydrogens (tertiary/aromatic N) is 5. The van der Waals surface area contributed by atoms with Gasteiger partial charge in [-0.25, -0.2) is 0 Å². The molecule has 0 aliphatic carbocycles. The van der Waals surface area contributed by atoms with Crippen LogP contribution in [-0.4, -0.2) is 26.1 Å². The van der Waals surface area contributed by atoms with Gasteiger partial charge in [0.1, 0.15) is 12.1 Å². The second-order valence-electron chi connectivity index (χ2n) is 7.44. The lowest BCUT2D eigenvalue weighted by molar-refractivity contribution is 0.760. The smallest absolute Gasteiger partial charge is 0.257 e. The number of hydrogen-bond acceptors (Lipinski definition) is 4. The van der Waals surface area contributed by atoms with Crippen molar-refractivity contribution in [2.24, 2.45) is 5.92 Å². The predicted molar refractivity (Wildman–Crippen MR) is 112 cm³/mol. The Kier molecular flexibility index (Phi) is 3.98. The number of para-hydroxylation sites is 1. The SMILES string of the molecule is CC(C)C#Cc1cccc2c1CCCN2c1nc2nncn2c2ccccc12. The van der Waals surface area contributed by atoms with Gasteiger partial charge in [0.05, 0.1) is 5.52 Å². The lowest BCUT2D eigenvalue weighted by Crippen LogP contribution is -2.26. The second kappa shape index (κ2) is 6.65. The average Bonchev–Trinajstić information content (AvgIpc) is 3.20. The Hall–Kier alpha value is -3.39. The van der Waals surface area contributed by atoms with Gasteiger partial charge in [0.15, 0.2) is 0 Å². The molecule has 3 heterocycles. The Morgan fingerprint density at radius 2 is 1.96 bits per heavy atom. The zero-order chi connectivity index (χ0) is 19.1. The van der Waals surface area contributed by atoms with E-state index in [2.05, 4.69) is 77.2 Å². The van der Waals surface area contributed by atoms with Crippen molar-refractivity contribution in [3.05, 3.63) is 59.9 Å². The van der Waals surface area contributed by atoms with Crippen LogP contribution >= 0.6 is 0 Å². The predicted octanol–water partition coefficient (Wildman–Crippen LogP) is 4.37. The monoisotopic (exact) mass is 367 g/mol. The lowest BCUT2D eigenvalue weighted by Gasteiger charge is -2.31. The summed E-state index contributed by atoms with van der Waals surface area (Å²) in [5.74, 6) is 8.61. The van der Waals surface area contributed by atoms with Crippen molar-refractivity contribution in [1.82, 2.24) is 19.6 Å². The Morgan fingerprint density at radius 3 is 2.86 bits per heavy atom. The normalized spacial score (nSPS) is 13.6. The van der Waals surface area contributed by atoms with E-state index >= 15 is 0 Å². The average molecular weight is 367 g/mol. The van der Waals surface area contributed by atoms with E-state index < -0.39 is 0 Å².